The van der Waals surface area contributed by atoms with Gasteiger partial charge < -0.3 is 10.1 Å². The van der Waals surface area contributed by atoms with Crippen molar-refractivity contribution in [2.75, 3.05) is 25.2 Å². The Balaban J connectivity index is 2.63. The minimum absolute atomic E-state index is 0.277. The monoisotopic (exact) mass is 283 g/mol. The van der Waals surface area contributed by atoms with Crippen molar-refractivity contribution in [3.63, 3.8) is 0 Å². The van der Waals surface area contributed by atoms with Gasteiger partial charge in [-0.2, -0.15) is 0 Å². The number of rotatable bonds is 5. The maximum Gasteiger partial charge on any atom is 0.333 e. The summed E-state index contributed by atoms with van der Waals surface area (Å²) in [5.41, 5.74) is 1.30. The van der Waals surface area contributed by atoms with Crippen LogP contribution in [0.5, 0.6) is 0 Å². The number of nitrogens with one attached hydrogen (secondary N) is 1. The Hall–Kier alpha value is -1.82. The molecule has 5 nitrogen and oxygen atoms in total. The SMILES string of the molecule is COC(=O)/C(C)=C/CNc1ccc(S(C)(=O)=O)cc1. The number of sulfone groups is 1. The summed E-state index contributed by atoms with van der Waals surface area (Å²) in [6.07, 6.45) is 2.87. The van der Waals surface area contributed by atoms with Crippen LogP contribution in [-0.2, 0) is 19.4 Å². The van der Waals surface area contributed by atoms with E-state index in [1.54, 1.807) is 25.1 Å². The van der Waals surface area contributed by atoms with Crippen LogP contribution in [0.3, 0.4) is 0 Å². The average molecular weight is 283 g/mol. The number of ether oxygens (including phenoxy) is 1. The number of carbonyl (C=O) groups excluding carboxylic acids is 1. The second-order valence-corrected chi connectivity index (χ2v) is 6.07. The third kappa shape index (κ3) is 4.75. The summed E-state index contributed by atoms with van der Waals surface area (Å²) in [5.74, 6) is -0.366. The number of carbonyl (C=O) groups is 1. The molecule has 104 valence electrons. The smallest absolute Gasteiger partial charge is 0.333 e. The van der Waals surface area contributed by atoms with E-state index in [9.17, 15) is 13.2 Å². The van der Waals surface area contributed by atoms with E-state index in [1.165, 1.54) is 19.2 Å². The summed E-state index contributed by atoms with van der Waals surface area (Å²) < 4.78 is 27.1. The van der Waals surface area contributed by atoms with Gasteiger partial charge in [0.15, 0.2) is 9.84 Å². The molecule has 0 heterocycles. The van der Waals surface area contributed by atoms with Crippen LogP contribution in [0.15, 0.2) is 40.8 Å². The lowest BCUT2D eigenvalue weighted by atomic mass is 10.2. The minimum Gasteiger partial charge on any atom is -0.466 e. The van der Waals surface area contributed by atoms with Gasteiger partial charge in [0.25, 0.3) is 0 Å². The summed E-state index contributed by atoms with van der Waals surface area (Å²) in [6.45, 7) is 2.12. The van der Waals surface area contributed by atoms with Crippen LogP contribution >= 0.6 is 0 Å². The first-order valence-corrected chi connectivity index (χ1v) is 7.53. The van der Waals surface area contributed by atoms with Crippen molar-refractivity contribution in [2.45, 2.75) is 11.8 Å². The number of anilines is 1. The van der Waals surface area contributed by atoms with Crippen LogP contribution in [0.25, 0.3) is 0 Å². The molecular weight excluding hydrogens is 266 g/mol. The number of hydrogen-bond donors (Lipinski definition) is 1. The van der Waals surface area contributed by atoms with E-state index in [2.05, 4.69) is 10.1 Å². The van der Waals surface area contributed by atoms with E-state index >= 15 is 0 Å². The van der Waals surface area contributed by atoms with Crippen molar-refractivity contribution >= 4 is 21.5 Å². The van der Waals surface area contributed by atoms with E-state index < -0.39 is 9.84 Å². The van der Waals surface area contributed by atoms with Gasteiger partial charge in [-0.1, -0.05) is 6.08 Å². The maximum absolute atomic E-state index is 11.3. The van der Waals surface area contributed by atoms with Crippen molar-refractivity contribution in [3.8, 4) is 0 Å². The highest BCUT2D eigenvalue weighted by atomic mass is 32.2. The van der Waals surface area contributed by atoms with E-state index in [0.717, 1.165) is 11.9 Å². The van der Waals surface area contributed by atoms with E-state index in [-0.39, 0.29) is 10.9 Å². The van der Waals surface area contributed by atoms with Crippen LogP contribution in [0.2, 0.25) is 0 Å². The van der Waals surface area contributed by atoms with Gasteiger partial charge in [-0.3, -0.25) is 0 Å². The molecule has 0 saturated heterocycles. The molecular formula is C13H17NO4S. The summed E-state index contributed by atoms with van der Waals surface area (Å²) in [7, 11) is -1.84. The molecule has 0 aliphatic carbocycles. The molecule has 0 amide bonds. The van der Waals surface area contributed by atoms with Gasteiger partial charge in [0.2, 0.25) is 0 Å². The lowest BCUT2D eigenvalue weighted by molar-refractivity contribution is -0.136. The van der Waals surface area contributed by atoms with E-state index in [0.29, 0.717) is 12.1 Å². The van der Waals surface area contributed by atoms with Crippen LogP contribution in [-0.4, -0.2) is 34.3 Å². The van der Waals surface area contributed by atoms with Crippen molar-refractivity contribution in [1.29, 1.82) is 0 Å². The van der Waals surface area contributed by atoms with Crippen LogP contribution in [0.1, 0.15) is 6.92 Å². The third-order valence-corrected chi connectivity index (χ3v) is 3.63. The highest BCUT2D eigenvalue weighted by Crippen LogP contribution is 2.13. The molecule has 1 aromatic rings. The Bertz CT molecular complexity index is 573. The molecule has 0 bridgehead atoms. The zero-order chi connectivity index (χ0) is 14.5. The normalized spacial score (nSPS) is 12.1. The van der Waals surface area contributed by atoms with E-state index in [4.69, 9.17) is 0 Å². The molecule has 1 aromatic carbocycles. The lowest BCUT2D eigenvalue weighted by Crippen LogP contribution is -2.05. The van der Waals surface area contributed by atoms with Gasteiger partial charge in [-0.15, -0.1) is 0 Å². The molecule has 0 spiro atoms. The molecule has 0 radical (unpaired) electrons. The van der Waals surface area contributed by atoms with Gasteiger partial charge in [0.05, 0.1) is 12.0 Å². The van der Waals surface area contributed by atoms with Crippen LogP contribution in [0, 0.1) is 0 Å². The molecule has 0 aliphatic heterocycles. The van der Waals surface area contributed by atoms with Crippen LogP contribution < -0.4 is 5.32 Å². The Kier molecular flexibility index (Phi) is 5.11. The number of hydrogen-bond acceptors (Lipinski definition) is 5. The lowest BCUT2D eigenvalue weighted by Gasteiger charge is -2.05. The average Bonchev–Trinajstić information content (AvgIpc) is 2.37. The molecule has 0 saturated carbocycles. The quantitative estimate of drug-likeness (QED) is 0.656. The number of esters is 1. The molecule has 0 atom stereocenters. The Labute approximate surface area is 113 Å². The largest absolute Gasteiger partial charge is 0.466 e. The zero-order valence-electron chi connectivity index (χ0n) is 11.1. The molecule has 1 N–H and O–H groups in total. The Morgan fingerprint density at radius 2 is 1.89 bits per heavy atom. The topological polar surface area (TPSA) is 72.5 Å². The van der Waals surface area contributed by atoms with E-state index in [1.807, 2.05) is 0 Å². The number of methoxy groups -OCH3 is 1. The summed E-state index contributed by atoms with van der Waals surface area (Å²) in [6, 6.07) is 6.43. The van der Waals surface area contributed by atoms with Gasteiger partial charge in [-0.25, -0.2) is 13.2 Å². The minimum atomic E-state index is -3.17. The first-order valence-electron chi connectivity index (χ1n) is 5.63. The summed E-state index contributed by atoms with van der Waals surface area (Å²) >= 11 is 0. The van der Waals surface area contributed by atoms with Crippen LogP contribution in [0.4, 0.5) is 5.69 Å². The number of benzene rings is 1. The van der Waals surface area contributed by atoms with Gasteiger partial charge in [-0.05, 0) is 31.2 Å². The second-order valence-electron chi connectivity index (χ2n) is 4.06. The standard InChI is InChI=1S/C13H17NO4S/c1-10(13(15)18-2)8-9-14-11-4-6-12(7-5-11)19(3,16)17/h4-8,14H,9H2,1-3H3/b10-8+. The predicted molar refractivity (Wildman–Crippen MR) is 73.8 cm³/mol. The molecule has 0 aliphatic rings. The Morgan fingerprint density at radius 3 is 2.37 bits per heavy atom. The molecule has 1 rings (SSSR count). The predicted octanol–water partition coefficient (Wildman–Crippen LogP) is 1.62. The fourth-order valence-electron chi connectivity index (χ4n) is 1.39. The molecule has 0 aromatic heterocycles. The molecule has 19 heavy (non-hydrogen) atoms. The first-order chi connectivity index (χ1) is 8.84. The fraction of sp³-hybridized carbons (Fsp3) is 0.308. The Morgan fingerprint density at radius 1 is 1.32 bits per heavy atom. The van der Waals surface area contributed by atoms with Crippen molar-refractivity contribution in [3.05, 3.63) is 35.9 Å². The maximum atomic E-state index is 11.3. The zero-order valence-corrected chi connectivity index (χ0v) is 12.0. The highest BCUT2D eigenvalue weighted by Gasteiger charge is 2.05. The highest BCUT2D eigenvalue weighted by molar-refractivity contribution is 7.90. The van der Waals surface area contributed by atoms with Gasteiger partial charge >= 0.3 is 5.97 Å². The van der Waals surface area contributed by atoms with Gasteiger partial charge in [0, 0.05) is 24.1 Å². The van der Waals surface area contributed by atoms with Crippen molar-refractivity contribution in [1.82, 2.24) is 0 Å². The second kappa shape index (κ2) is 6.38. The molecule has 0 fully saturated rings. The first kappa shape index (κ1) is 15.2. The van der Waals surface area contributed by atoms with Gasteiger partial charge in [0.1, 0.15) is 0 Å². The molecule has 6 heteroatoms. The summed E-state index contributed by atoms with van der Waals surface area (Å²) in [4.78, 5) is 11.4. The third-order valence-electron chi connectivity index (χ3n) is 2.50. The summed E-state index contributed by atoms with van der Waals surface area (Å²) in [5, 5.41) is 3.05. The fourth-order valence-corrected chi connectivity index (χ4v) is 2.02. The van der Waals surface area contributed by atoms with Crippen molar-refractivity contribution in [2.24, 2.45) is 0 Å². The van der Waals surface area contributed by atoms with Crippen molar-refractivity contribution < 1.29 is 17.9 Å². The molecule has 0 unspecified atom stereocenters.